The number of nitrogens with one attached hydrogen (secondary N) is 2. The molecule has 2 rings (SSSR count). The molecule has 6 nitrogen and oxygen atoms in total. The molecular weight excluding hydrogens is 246 g/mol. The molecule has 0 radical (unpaired) electrons. The highest BCUT2D eigenvalue weighted by molar-refractivity contribution is 5.93. The maximum Gasteiger partial charge on any atom is 0.260 e. The van der Waals surface area contributed by atoms with Crippen LogP contribution >= 0.6 is 0 Å². The second kappa shape index (κ2) is 5.09. The molecule has 0 aliphatic carbocycles. The van der Waals surface area contributed by atoms with Crippen molar-refractivity contribution in [3.05, 3.63) is 50.8 Å². The number of pyridine rings is 1. The Morgan fingerprint density at radius 2 is 2.11 bits per heavy atom. The summed E-state index contributed by atoms with van der Waals surface area (Å²) in [6, 6.07) is 3.20. The first kappa shape index (κ1) is 13.1. The molecule has 0 atom stereocenters. The van der Waals surface area contributed by atoms with E-state index in [1.54, 1.807) is 26.8 Å². The van der Waals surface area contributed by atoms with E-state index in [0.29, 0.717) is 11.5 Å². The summed E-state index contributed by atoms with van der Waals surface area (Å²) in [4.78, 5) is 26.1. The highest BCUT2D eigenvalue weighted by Crippen LogP contribution is 2.11. The Balaban J connectivity index is 2.12. The number of aryl methyl sites for hydroxylation is 3. The van der Waals surface area contributed by atoms with E-state index < -0.39 is 11.5 Å². The number of aromatic nitrogens is 2. The van der Waals surface area contributed by atoms with E-state index >= 15 is 0 Å². The summed E-state index contributed by atoms with van der Waals surface area (Å²) in [6.45, 7) is 5.62. The quantitative estimate of drug-likeness (QED) is 0.869. The van der Waals surface area contributed by atoms with Crippen LogP contribution in [-0.4, -0.2) is 16.0 Å². The zero-order valence-electron chi connectivity index (χ0n) is 11.0. The molecule has 2 aromatic heterocycles. The van der Waals surface area contributed by atoms with Gasteiger partial charge in [0.05, 0.1) is 5.69 Å². The Hall–Kier alpha value is -2.37. The van der Waals surface area contributed by atoms with Crippen molar-refractivity contribution in [3.8, 4) is 0 Å². The smallest absolute Gasteiger partial charge is 0.260 e. The first-order valence-corrected chi connectivity index (χ1v) is 5.89. The van der Waals surface area contributed by atoms with Gasteiger partial charge in [-0.05, 0) is 32.9 Å². The number of carbonyl (C=O) groups is 1. The SMILES string of the molecule is Cc1ccc(C(=O)NCc2c(C)noc2C)c(=O)[nH]1. The number of carbonyl (C=O) groups excluding carboxylic acids is 1. The predicted octanol–water partition coefficient (Wildman–Crippen LogP) is 1.22. The van der Waals surface area contributed by atoms with Crippen LogP contribution in [0.5, 0.6) is 0 Å². The molecule has 2 heterocycles. The largest absolute Gasteiger partial charge is 0.361 e. The van der Waals surface area contributed by atoms with Crippen molar-refractivity contribution in [2.45, 2.75) is 27.3 Å². The van der Waals surface area contributed by atoms with Gasteiger partial charge in [0.15, 0.2) is 0 Å². The normalized spacial score (nSPS) is 10.5. The Morgan fingerprint density at radius 1 is 1.37 bits per heavy atom. The number of rotatable bonds is 3. The highest BCUT2D eigenvalue weighted by atomic mass is 16.5. The second-order valence-corrected chi connectivity index (χ2v) is 4.37. The van der Waals surface area contributed by atoms with Crippen molar-refractivity contribution in [2.75, 3.05) is 0 Å². The molecule has 0 saturated carbocycles. The molecule has 100 valence electrons. The molecule has 1 amide bonds. The summed E-state index contributed by atoms with van der Waals surface area (Å²) in [5, 5.41) is 6.49. The third-order valence-electron chi connectivity index (χ3n) is 2.91. The van der Waals surface area contributed by atoms with Crippen LogP contribution in [-0.2, 0) is 6.54 Å². The third-order valence-corrected chi connectivity index (χ3v) is 2.91. The first-order valence-electron chi connectivity index (χ1n) is 5.89. The van der Waals surface area contributed by atoms with Gasteiger partial charge in [-0.25, -0.2) is 0 Å². The number of aromatic amines is 1. The zero-order chi connectivity index (χ0) is 14.0. The summed E-state index contributed by atoms with van der Waals surface area (Å²) in [5.41, 5.74) is 1.98. The molecule has 0 aliphatic rings. The maximum absolute atomic E-state index is 11.9. The van der Waals surface area contributed by atoms with E-state index in [9.17, 15) is 9.59 Å². The Morgan fingerprint density at radius 3 is 2.68 bits per heavy atom. The van der Waals surface area contributed by atoms with Gasteiger partial charge in [0, 0.05) is 17.8 Å². The van der Waals surface area contributed by atoms with Crippen molar-refractivity contribution in [2.24, 2.45) is 0 Å². The zero-order valence-corrected chi connectivity index (χ0v) is 11.0. The van der Waals surface area contributed by atoms with Crippen molar-refractivity contribution >= 4 is 5.91 Å². The van der Waals surface area contributed by atoms with Crippen LogP contribution in [0.1, 0.15) is 33.1 Å². The molecular formula is C13H15N3O3. The average molecular weight is 261 g/mol. The lowest BCUT2D eigenvalue weighted by Gasteiger charge is -2.04. The van der Waals surface area contributed by atoms with Crippen molar-refractivity contribution < 1.29 is 9.32 Å². The number of amides is 1. The molecule has 2 N–H and O–H groups in total. The summed E-state index contributed by atoms with van der Waals surface area (Å²) in [6.07, 6.45) is 0. The minimum absolute atomic E-state index is 0.0948. The lowest BCUT2D eigenvalue weighted by Crippen LogP contribution is -2.29. The summed E-state index contributed by atoms with van der Waals surface area (Å²) in [7, 11) is 0. The summed E-state index contributed by atoms with van der Waals surface area (Å²) in [5.74, 6) is 0.247. The van der Waals surface area contributed by atoms with Gasteiger partial charge in [0.25, 0.3) is 11.5 Å². The highest BCUT2D eigenvalue weighted by Gasteiger charge is 2.13. The maximum atomic E-state index is 11.9. The van der Waals surface area contributed by atoms with Crippen molar-refractivity contribution in [1.82, 2.24) is 15.5 Å². The minimum atomic E-state index is -0.416. The van der Waals surface area contributed by atoms with Gasteiger partial charge >= 0.3 is 0 Å². The van der Waals surface area contributed by atoms with E-state index in [-0.39, 0.29) is 12.1 Å². The van der Waals surface area contributed by atoms with Crippen LogP contribution in [0.4, 0.5) is 0 Å². The average Bonchev–Trinajstić information content (AvgIpc) is 2.66. The third kappa shape index (κ3) is 2.73. The van der Waals surface area contributed by atoms with Gasteiger partial charge in [-0.2, -0.15) is 0 Å². The van der Waals surface area contributed by atoms with Gasteiger partial charge in [-0.15, -0.1) is 0 Å². The summed E-state index contributed by atoms with van der Waals surface area (Å²) >= 11 is 0. The van der Waals surface area contributed by atoms with Crippen LogP contribution < -0.4 is 10.9 Å². The van der Waals surface area contributed by atoms with E-state index in [4.69, 9.17) is 4.52 Å². The van der Waals surface area contributed by atoms with Crippen LogP contribution in [0.3, 0.4) is 0 Å². The lowest BCUT2D eigenvalue weighted by molar-refractivity contribution is 0.0949. The van der Waals surface area contributed by atoms with Crippen LogP contribution in [0.25, 0.3) is 0 Å². The molecule has 0 aromatic carbocycles. The Bertz CT molecular complexity index is 651. The number of hydrogen-bond acceptors (Lipinski definition) is 4. The van der Waals surface area contributed by atoms with Crippen molar-refractivity contribution in [1.29, 1.82) is 0 Å². The number of hydrogen-bond donors (Lipinski definition) is 2. The molecule has 2 aromatic rings. The molecule has 19 heavy (non-hydrogen) atoms. The fourth-order valence-corrected chi connectivity index (χ4v) is 1.77. The number of H-pyrrole nitrogens is 1. The Labute approximate surface area is 109 Å². The fourth-order valence-electron chi connectivity index (χ4n) is 1.77. The van der Waals surface area contributed by atoms with E-state index in [2.05, 4.69) is 15.5 Å². The fraction of sp³-hybridized carbons (Fsp3) is 0.308. The van der Waals surface area contributed by atoms with E-state index in [1.165, 1.54) is 6.07 Å². The van der Waals surface area contributed by atoms with Gasteiger partial charge in [-0.3, -0.25) is 9.59 Å². The molecule has 0 spiro atoms. The second-order valence-electron chi connectivity index (χ2n) is 4.37. The Kier molecular flexibility index (Phi) is 3.50. The van der Waals surface area contributed by atoms with Crippen molar-refractivity contribution in [3.63, 3.8) is 0 Å². The van der Waals surface area contributed by atoms with Gasteiger partial charge in [-0.1, -0.05) is 5.16 Å². The molecule has 6 heteroatoms. The van der Waals surface area contributed by atoms with Crippen LogP contribution in [0.15, 0.2) is 21.5 Å². The molecule has 0 saturated heterocycles. The van der Waals surface area contributed by atoms with Crippen LogP contribution in [0.2, 0.25) is 0 Å². The topological polar surface area (TPSA) is 88.0 Å². The van der Waals surface area contributed by atoms with Gasteiger partial charge in [0.2, 0.25) is 0 Å². The molecule has 0 fully saturated rings. The standard InChI is InChI=1S/C13H15N3O3/c1-7-4-5-10(13(18)15-7)12(17)14-6-11-8(2)16-19-9(11)3/h4-5H,6H2,1-3H3,(H,14,17)(H,15,18). The van der Waals surface area contributed by atoms with E-state index in [1.807, 2.05) is 0 Å². The lowest BCUT2D eigenvalue weighted by atomic mass is 10.2. The van der Waals surface area contributed by atoms with Gasteiger partial charge < -0.3 is 14.8 Å². The predicted molar refractivity (Wildman–Crippen MR) is 68.9 cm³/mol. The van der Waals surface area contributed by atoms with Gasteiger partial charge in [0.1, 0.15) is 11.3 Å². The monoisotopic (exact) mass is 261 g/mol. The van der Waals surface area contributed by atoms with Crippen LogP contribution in [0, 0.1) is 20.8 Å². The molecule has 0 aliphatic heterocycles. The minimum Gasteiger partial charge on any atom is -0.361 e. The van der Waals surface area contributed by atoms with E-state index in [0.717, 1.165) is 11.3 Å². The molecule has 0 bridgehead atoms. The summed E-state index contributed by atoms with van der Waals surface area (Å²) < 4.78 is 5.00. The molecule has 0 unspecified atom stereocenters. The first-order chi connectivity index (χ1) is 8.99. The number of nitrogens with zero attached hydrogens (tertiary/aromatic N) is 1.